The Balaban J connectivity index is 3.85. The van der Waals surface area contributed by atoms with Gasteiger partial charge in [0, 0.05) is 13.0 Å². The maximum Gasteiger partial charge on any atom is 0.472 e. The number of amides is 1. The molecule has 0 aromatic heterocycles. The van der Waals surface area contributed by atoms with Gasteiger partial charge >= 0.3 is 7.82 Å². The molecule has 0 fully saturated rings. The van der Waals surface area contributed by atoms with Crippen molar-refractivity contribution in [1.82, 2.24) is 5.32 Å². The number of rotatable bonds is 58. The fourth-order valence-electron chi connectivity index (χ4n) is 9.55. The Hall–Kier alpha value is -0.760. The Kier molecular flexibility index (Phi) is 54.9. The number of phosphoric acid groups is 1. The highest BCUT2D eigenvalue weighted by Gasteiger charge is 2.27. The SMILES string of the molecule is CCCCCCCCCCCCCCCCC/C=C/[C@@H](O)[C@H](COP(=O)(O)OCCN)NC(=O)CCCCCCCCCCCCCCCCCCCCCCCCCCCCCCCCCC. The lowest BCUT2D eigenvalue weighted by molar-refractivity contribution is -0.123. The van der Waals surface area contributed by atoms with Crippen molar-refractivity contribution >= 4 is 13.7 Å². The van der Waals surface area contributed by atoms with Crippen molar-refractivity contribution < 1.29 is 28.4 Å². The van der Waals surface area contributed by atoms with Crippen LogP contribution in [0.3, 0.4) is 0 Å². The first-order valence-electron chi connectivity index (χ1n) is 30.3. The second-order valence-corrected chi connectivity index (χ2v) is 22.4. The van der Waals surface area contributed by atoms with Crippen molar-refractivity contribution in [3.05, 3.63) is 12.2 Å². The molecule has 1 unspecified atom stereocenters. The molecule has 1 amide bonds. The van der Waals surface area contributed by atoms with Gasteiger partial charge in [0.1, 0.15) is 0 Å². The Morgan fingerprint density at radius 1 is 0.471 bits per heavy atom. The minimum Gasteiger partial charge on any atom is -0.387 e. The van der Waals surface area contributed by atoms with E-state index in [0.717, 1.165) is 38.5 Å². The van der Waals surface area contributed by atoms with E-state index >= 15 is 0 Å². The molecule has 0 aromatic carbocycles. The lowest BCUT2D eigenvalue weighted by Crippen LogP contribution is -2.45. The fourth-order valence-corrected chi connectivity index (χ4v) is 10.3. The highest BCUT2D eigenvalue weighted by molar-refractivity contribution is 7.47. The summed E-state index contributed by atoms with van der Waals surface area (Å²) in [7, 11) is -4.34. The number of hydrogen-bond donors (Lipinski definition) is 4. The van der Waals surface area contributed by atoms with E-state index in [-0.39, 0.29) is 25.7 Å². The molecule has 0 aliphatic heterocycles. The number of aliphatic hydroxyl groups is 1. The van der Waals surface area contributed by atoms with Gasteiger partial charge in [0.2, 0.25) is 5.91 Å². The van der Waals surface area contributed by atoms with Gasteiger partial charge < -0.3 is 21.1 Å². The molecule has 68 heavy (non-hydrogen) atoms. The topological polar surface area (TPSA) is 131 Å². The number of nitrogens with one attached hydrogen (secondary N) is 1. The zero-order valence-corrected chi connectivity index (χ0v) is 46.5. The van der Waals surface area contributed by atoms with Crippen molar-refractivity contribution in [1.29, 1.82) is 0 Å². The van der Waals surface area contributed by atoms with E-state index in [1.54, 1.807) is 6.08 Å². The van der Waals surface area contributed by atoms with Crippen LogP contribution in [0, 0.1) is 0 Å². The second kappa shape index (κ2) is 55.6. The number of allylic oxidation sites excluding steroid dienone is 1. The van der Waals surface area contributed by atoms with Gasteiger partial charge in [0.15, 0.2) is 0 Å². The molecule has 0 radical (unpaired) electrons. The Labute approximate surface area is 424 Å². The van der Waals surface area contributed by atoms with E-state index in [9.17, 15) is 19.4 Å². The summed E-state index contributed by atoms with van der Waals surface area (Å²) in [4.78, 5) is 22.9. The van der Waals surface area contributed by atoms with Crippen molar-refractivity contribution in [3.63, 3.8) is 0 Å². The number of phosphoric ester groups is 1. The van der Waals surface area contributed by atoms with E-state index < -0.39 is 20.0 Å². The molecule has 0 saturated carbocycles. The normalized spacial score (nSPS) is 13.7. The number of unbranched alkanes of at least 4 members (excludes halogenated alkanes) is 46. The lowest BCUT2D eigenvalue weighted by Gasteiger charge is -2.23. The summed E-state index contributed by atoms with van der Waals surface area (Å²) in [6.07, 6.45) is 67.5. The first-order valence-corrected chi connectivity index (χ1v) is 31.8. The number of carbonyl (C=O) groups is 1. The van der Waals surface area contributed by atoms with Crippen molar-refractivity contribution in [2.24, 2.45) is 5.73 Å². The van der Waals surface area contributed by atoms with Crippen LogP contribution in [0.1, 0.15) is 328 Å². The smallest absolute Gasteiger partial charge is 0.387 e. The predicted molar refractivity (Wildman–Crippen MR) is 295 cm³/mol. The molecule has 406 valence electrons. The summed E-state index contributed by atoms with van der Waals surface area (Å²) in [6.45, 7) is 4.20. The largest absolute Gasteiger partial charge is 0.472 e. The minimum absolute atomic E-state index is 0.0818. The van der Waals surface area contributed by atoms with Crippen LogP contribution in [-0.4, -0.2) is 47.8 Å². The van der Waals surface area contributed by atoms with E-state index in [2.05, 4.69) is 19.2 Å². The third kappa shape index (κ3) is 53.0. The molecule has 3 atom stereocenters. The van der Waals surface area contributed by atoms with Crippen molar-refractivity contribution in [3.8, 4) is 0 Å². The highest BCUT2D eigenvalue weighted by Crippen LogP contribution is 2.43. The molecule has 0 aliphatic rings. The van der Waals surface area contributed by atoms with E-state index in [1.165, 1.54) is 270 Å². The number of aliphatic hydroxyl groups excluding tert-OH is 1. The molecular weight excluding hydrogens is 864 g/mol. The maximum atomic E-state index is 12.9. The molecule has 9 heteroatoms. The van der Waals surface area contributed by atoms with E-state index in [1.807, 2.05) is 6.08 Å². The average molecular weight is 984 g/mol. The zero-order chi connectivity index (χ0) is 49.5. The fraction of sp³-hybridized carbons (Fsp3) is 0.949. The Morgan fingerprint density at radius 3 is 1.04 bits per heavy atom. The summed E-state index contributed by atoms with van der Waals surface area (Å²) in [6, 6.07) is -0.856. The summed E-state index contributed by atoms with van der Waals surface area (Å²) in [5.41, 5.74) is 5.41. The van der Waals surface area contributed by atoms with Crippen molar-refractivity contribution in [2.45, 2.75) is 341 Å². The molecule has 5 N–H and O–H groups in total. The van der Waals surface area contributed by atoms with Crippen molar-refractivity contribution in [2.75, 3.05) is 19.8 Å². The number of carbonyl (C=O) groups excluding carboxylic acids is 1. The van der Waals surface area contributed by atoms with E-state index in [0.29, 0.717) is 6.42 Å². The summed E-state index contributed by atoms with van der Waals surface area (Å²) in [5, 5.41) is 13.8. The van der Waals surface area contributed by atoms with Crippen LogP contribution in [-0.2, 0) is 18.4 Å². The van der Waals surface area contributed by atoms with Gasteiger partial charge in [0.25, 0.3) is 0 Å². The highest BCUT2D eigenvalue weighted by atomic mass is 31.2. The van der Waals surface area contributed by atoms with Gasteiger partial charge in [0.05, 0.1) is 25.4 Å². The monoisotopic (exact) mass is 983 g/mol. The Morgan fingerprint density at radius 2 is 0.750 bits per heavy atom. The number of nitrogens with two attached hydrogens (primary N) is 1. The molecule has 0 spiro atoms. The van der Waals surface area contributed by atoms with Crippen LogP contribution in [0.4, 0.5) is 0 Å². The zero-order valence-electron chi connectivity index (χ0n) is 45.6. The first-order chi connectivity index (χ1) is 33.4. The molecular formula is C59H119N2O6P. The quantitative estimate of drug-likeness (QED) is 0.0271. The molecule has 0 aliphatic carbocycles. The average Bonchev–Trinajstić information content (AvgIpc) is 3.33. The molecule has 0 heterocycles. The Bertz CT molecular complexity index is 1080. The summed E-state index contributed by atoms with van der Waals surface area (Å²) < 4.78 is 22.3. The standard InChI is InChI=1S/C59H119N2O6P/c1-3-5-7-9-11-13-15-17-19-21-22-23-24-25-26-27-28-29-30-31-32-33-34-35-37-39-41-43-45-47-49-51-53-59(63)61-57(56-67-68(64,65)66-55-54-60)58(62)52-50-48-46-44-42-40-38-36-20-18-16-14-12-10-8-6-4-2/h50,52,57-58,62H,3-49,51,53-56,60H2,1-2H3,(H,61,63)(H,64,65)/b52-50+/t57-,58+/m0/s1. The summed E-state index contributed by atoms with van der Waals surface area (Å²) >= 11 is 0. The van der Waals surface area contributed by atoms with Gasteiger partial charge in [-0.05, 0) is 19.3 Å². The van der Waals surface area contributed by atoms with Gasteiger partial charge in [-0.3, -0.25) is 13.8 Å². The third-order valence-corrected chi connectivity index (χ3v) is 15.1. The lowest BCUT2D eigenvalue weighted by atomic mass is 10.0. The number of hydrogen-bond acceptors (Lipinski definition) is 6. The van der Waals surface area contributed by atoms with Gasteiger partial charge in [-0.2, -0.15) is 0 Å². The van der Waals surface area contributed by atoms with E-state index in [4.69, 9.17) is 14.8 Å². The molecule has 0 bridgehead atoms. The van der Waals surface area contributed by atoms with Crippen LogP contribution >= 0.6 is 7.82 Å². The minimum atomic E-state index is -4.34. The van der Waals surface area contributed by atoms with Gasteiger partial charge in [-0.1, -0.05) is 315 Å². The van der Waals surface area contributed by atoms with Gasteiger partial charge in [-0.15, -0.1) is 0 Å². The van der Waals surface area contributed by atoms with Crippen LogP contribution < -0.4 is 11.1 Å². The predicted octanol–water partition coefficient (Wildman–Crippen LogP) is 18.6. The van der Waals surface area contributed by atoms with Gasteiger partial charge in [-0.25, -0.2) is 4.57 Å². The van der Waals surface area contributed by atoms with Crippen LogP contribution in [0.5, 0.6) is 0 Å². The molecule has 8 nitrogen and oxygen atoms in total. The van der Waals surface area contributed by atoms with Crippen LogP contribution in [0.15, 0.2) is 12.2 Å². The first kappa shape index (κ1) is 67.2. The molecule has 0 saturated heterocycles. The second-order valence-electron chi connectivity index (χ2n) is 20.9. The maximum absolute atomic E-state index is 12.9. The molecule has 0 aromatic rings. The summed E-state index contributed by atoms with van der Waals surface area (Å²) in [5.74, 6) is -0.185. The van der Waals surface area contributed by atoms with Crippen LogP contribution in [0.2, 0.25) is 0 Å². The van der Waals surface area contributed by atoms with Crippen LogP contribution in [0.25, 0.3) is 0 Å². The third-order valence-electron chi connectivity index (χ3n) is 14.1. The molecule has 0 rings (SSSR count).